The van der Waals surface area contributed by atoms with Crippen molar-refractivity contribution in [2.45, 2.75) is 6.92 Å². The van der Waals surface area contributed by atoms with E-state index in [-0.39, 0.29) is 11.4 Å². The van der Waals surface area contributed by atoms with Crippen molar-refractivity contribution in [3.05, 3.63) is 11.4 Å². The van der Waals surface area contributed by atoms with Crippen LogP contribution in [0.5, 0.6) is 0 Å². The van der Waals surface area contributed by atoms with E-state index in [1.165, 1.54) is 6.92 Å². The molecule has 0 bridgehead atoms. The summed E-state index contributed by atoms with van der Waals surface area (Å²) in [6, 6.07) is 0. The van der Waals surface area contributed by atoms with Crippen LogP contribution in [0.15, 0.2) is 16.4 Å². The van der Waals surface area contributed by atoms with Crippen molar-refractivity contribution in [3.8, 4) is 0 Å². The standard InChI is InChI=1S/C5H9N2O4P/c1-3-2-12(9,10,11)5(8)7-4(3)6/h2,9-11H,1H3,(H2,6,7,8). The van der Waals surface area contributed by atoms with Gasteiger partial charge in [0.05, 0.1) is 0 Å². The quantitative estimate of drug-likeness (QED) is 0.391. The summed E-state index contributed by atoms with van der Waals surface area (Å²) >= 11 is 0. The van der Waals surface area contributed by atoms with Crippen molar-refractivity contribution in [2.24, 2.45) is 10.7 Å². The molecule has 0 aromatic heterocycles. The van der Waals surface area contributed by atoms with E-state index >= 15 is 0 Å². The Bertz CT molecular complexity index is 311. The molecule has 1 aliphatic heterocycles. The number of amidine groups is 1. The monoisotopic (exact) mass is 192 g/mol. The Balaban J connectivity index is 3.27. The van der Waals surface area contributed by atoms with E-state index in [2.05, 4.69) is 4.99 Å². The molecule has 1 heterocycles. The van der Waals surface area contributed by atoms with Gasteiger partial charge in [-0.3, -0.25) is 0 Å². The molecule has 0 aliphatic carbocycles. The Morgan fingerprint density at radius 1 is 1.50 bits per heavy atom. The molecule has 5 N–H and O–H groups in total. The number of nitrogens with two attached hydrogens (primary N) is 1. The zero-order valence-electron chi connectivity index (χ0n) is 6.30. The normalized spacial score (nSPS) is 29.7. The number of hydrogen-bond donors (Lipinski definition) is 4. The van der Waals surface area contributed by atoms with Crippen molar-refractivity contribution < 1.29 is 19.5 Å². The van der Waals surface area contributed by atoms with Crippen molar-refractivity contribution in [1.29, 1.82) is 0 Å². The number of carbonyl (C=O) groups excluding carboxylic acids is 1. The molecule has 0 fully saturated rings. The minimum atomic E-state index is -5.33. The zero-order valence-corrected chi connectivity index (χ0v) is 7.19. The van der Waals surface area contributed by atoms with E-state index in [9.17, 15) is 4.79 Å². The molecule has 0 saturated carbocycles. The molecule has 6 nitrogen and oxygen atoms in total. The van der Waals surface area contributed by atoms with Crippen molar-refractivity contribution in [3.63, 3.8) is 0 Å². The summed E-state index contributed by atoms with van der Waals surface area (Å²) in [6.07, 6.45) is 0. The van der Waals surface area contributed by atoms with Gasteiger partial charge in [-0.25, -0.2) is 0 Å². The molecule has 68 valence electrons. The summed E-state index contributed by atoms with van der Waals surface area (Å²) in [5.41, 5.74) is 3.99. The first-order valence-electron chi connectivity index (χ1n) is 3.06. The number of hydrogen-bond acceptors (Lipinski definition) is 5. The molecule has 1 rings (SSSR count). The zero-order chi connectivity index (χ0) is 9.59. The van der Waals surface area contributed by atoms with Gasteiger partial charge in [0.15, 0.2) is 0 Å². The van der Waals surface area contributed by atoms with E-state index in [1.54, 1.807) is 0 Å². The topological polar surface area (TPSA) is 116 Å². The fourth-order valence-corrected chi connectivity index (χ4v) is 2.02. The molecule has 0 saturated heterocycles. The molecule has 12 heavy (non-hydrogen) atoms. The van der Waals surface area contributed by atoms with Gasteiger partial charge in [-0.2, -0.15) is 0 Å². The Morgan fingerprint density at radius 3 is 2.42 bits per heavy atom. The third-order valence-corrected chi connectivity index (χ3v) is 3.12. The molecule has 7 heteroatoms. The molecule has 1 aliphatic rings. The second-order valence-corrected chi connectivity index (χ2v) is 5.36. The van der Waals surface area contributed by atoms with Crippen molar-refractivity contribution in [2.75, 3.05) is 0 Å². The molecule has 0 unspecified atom stereocenters. The van der Waals surface area contributed by atoms with Crippen LogP contribution in [0, 0.1) is 0 Å². The predicted molar refractivity (Wildman–Crippen MR) is 44.4 cm³/mol. The average molecular weight is 192 g/mol. The maximum atomic E-state index is 10.8. The first-order chi connectivity index (χ1) is 5.21. The van der Waals surface area contributed by atoms with E-state index < -0.39 is 12.9 Å². The summed E-state index contributed by atoms with van der Waals surface area (Å²) in [5.74, 6) is 0.549. The number of rotatable bonds is 0. The number of aliphatic imine (C=N–C) groups is 1. The molecule has 0 aromatic carbocycles. The fourth-order valence-electron chi connectivity index (χ4n) is 0.765. The van der Waals surface area contributed by atoms with Crippen LogP contribution >= 0.6 is 7.28 Å². The Morgan fingerprint density at radius 2 is 2.00 bits per heavy atom. The van der Waals surface area contributed by atoms with Crippen LogP contribution in [0.4, 0.5) is 4.79 Å². The van der Waals surface area contributed by atoms with Gasteiger partial charge >= 0.3 is 67.3 Å². The summed E-state index contributed by atoms with van der Waals surface area (Å²) in [7, 11) is -5.33. The van der Waals surface area contributed by atoms with Gasteiger partial charge in [-0.05, 0) is 0 Å². The molecule has 0 radical (unpaired) electrons. The Kier molecular flexibility index (Phi) is 1.63. The number of nitrogens with zero attached hydrogens (tertiary/aromatic N) is 1. The molecule has 1 amide bonds. The molecular formula is C5H9N2O4P. The average Bonchev–Trinajstić information content (AvgIpc) is 1.82. The van der Waals surface area contributed by atoms with Crippen LogP contribution < -0.4 is 5.73 Å². The van der Waals surface area contributed by atoms with Gasteiger partial charge in [0, 0.05) is 0 Å². The number of carbonyl (C=O) groups is 1. The van der Waals surface area contributed by atoms with Crippen molar-refractivity contribution in [1.82, 2.24) is 0 Å². The van der Waals surface area contributed by atoms with Crippen LogP contribution in [0.25, 0.3) is 0 Å². The van der Waals surface area contributed by atoms with Crippen LogP contribution in [0.2, 0.25) is 0 Å². The second kappa shape index (κ2) is 2.11. The van der Waals surface area contributed by atoms with Crippen molar-refractivity contribution >= 4 is 18.8 Å². The SMILES string of the molecule is CC1=CP(O)(O)(O)C(=O)N=C1N. The fraction of sp³-hybridized carbons (Fsp3) is 0.200. The Labute approximate surface area is 68.2 Å². The summed E-state index contributed by atoms with van der Waals surface area (Å²) in [4.78, 5) is 41.0. The Hall–Kier alpha value is -0.810. The van der Waals surface area contributed by atoms with Crippen LogP contribution in [0.1, 0.15) is 6.92 Å². The third-order valence-electron chi connectivity index (χ3n) is 1.42. The van der Waals surface area contributed by atoms with Gasteiger partial charge in [0.1, 0.15) is 0 Å². The molecule has 0 aromatic rings. The van der Waals surface area contributed by atoms with Crippen LogP contribution in [-0.2, 0) is 0 Å². The second-order valence-electron chi connectivity index (χ2n) is 2.64. The molecule has 0 spiro atoms. The molecule has 0 atom stereocenters. The van der Waals surface area contributed by atoms with Gasteiger partial charge < -0.3 is 0 Å². The van der Waals surface area contributed by atoms with E-state index in [0.717, 1.165) is 0 Å². The first kappa shape index (κ1) is 9.28. The summed E-state index contributed by atoms with van der Waals surface area (Å²) < 4.78 is 0. The van der Waals surface area contributed by atoms with E-state index in [0.29, 0.717) is 5.82 Å². The van der Waals surface area contributed by atoms with Gasteiger partial charge in [-0.1, -0.05) is 0 Å². The van der Waals surface area contributed by atoms with Gasteiger partial charge in [0.2, 0.25) is 0 Å². The van der Waals surface area contributed by atoms with Gasteiger partial charge in [0.25, 0.3) is 0 Å². The van der Waals surface area contributed by atoms with E-state index in [1.807, 2.05) is 0 Å². The molecular weight excluding hydrogens is 183 g/mol. The first-order valence-corrected chi connectivity index (χ1v) is 5.22. The third kappa shape index (κ3) is 1.37. The van der Waals surface area contributed by atoms with Crippen LogP contribution in [-0.4, -0.2) is 26.2 Å². The summed E-state index contributed by atoms with van der Waals surface area (Å²) in [6.45, 7) is 1.41. The predicted octanol–water partition coefficient (Wildman–Crippen LogP) is -0.344. The van der Waals surface area contributed by atoms with Gasteiger partial charge in [-0.15, -0.1) is 0 Å². The van der Waals surface area contributed by atoms with E-state index in [4.69, 9.17) is 20.4 Å². The summed E-state index contributed by atoms with van der Waals surface area (Å²) in [5, 5.41) is 0. The van der Waals surface area contributed by atoms with Crippen LogP contribution in [0.3, 0.4) is 0 Å². The minimum absolute atomic E-state index is 0.114. The maximum absolute atomic E-state index is 10.8. The number of amides is 1.